The molecule has 0 radical (unpaired) electrons. The number of nitrogens with zero attached hydrogens (tertiary/aromatic N) is 3. The van der Waals surface area contributed by atoms with Gasteiger partial charge in [-0.3, -0.25) is 25.1 Å². The number of benzene rings is 2. The average Bonchev–Trinajstić information content (AvgIpc) is 3.20. The molecule has 3 atom stereocenters. The minimum atomic E-state index is -0.856. The van der Waals surface area contributed by atoms with Crippen molar-refractivity contribution in [1.82, 2.24) is 4.90 Å². The molecule has 0 N–H and O–H groups in total. The van der Waals surface area contributed by atoms with E-state index in [1.165, 1.54) is 12.1 Å². The van der Waals surface area contributed by atoms with E-state index < -0.39 is 44.8 Å². The number of nitro benzene ring substituents is 2. The van der Waals surface area contributed by atoms with Gasteiger partial charge in [0.05, 0.1) is 46.8 Å². The van der Waals surface area contributed by atoms with Crippen molar-refractivity contribution in [2.75, 3.05) is 33.0 Å². The maximum Gasteiger partial charge on any atom is 0.339 e. The van der Waals surface area contributed by atoms with Gasteiger partial charge in [-0.2, -0.15) is 0 Å². The van der Waals surface area contributed by atoms with Gasteiger partial charge < -0.3 is 23.7 Å². The van der Waals surface area contributed by atoms with Crippen molar-refractivity contribution < 1.29 is 43.1 Å². The van der Waals surface area contributed by atoms with Gasteiger partial charge in [-0.15, -0.1) is 0 Å². The van der Waals surface area contributed by atoms with Crippen molar-refractivity contribution in [2.45, 2.75) is 64.3 Å². The van der Waals surface area contributed by atoms with Gasteiger partial charge in [0.25, 0.3) is 11.4 Å². The van der Waals surface area contributed by atoms with Crippen LogP contribution in [0.1, 0.15) is 61.3 Å². The van der Waals surface area contributed by atoms with Crippen LogP contribution in [0.4, 0.5) is 11.4 Å². The topological polar surface area (TPSA) is 170 Å². The molecule has 0 aromatic heterocycles. The Labute approximate surface area is 268 Å². The quantitative estimate of drug-likeness (QED) is 0.155. The van der Waals surface area contributed by atoms with Crippen LogP contribution in [-0.2, 0) is 14.2 Å². The molecule has 0 amide bonds. The summed E-state index contributed by atoms with van der Waals surface area (Å²) in [5.74, 6) is -1.80. The average molecular weight is 670 g/mol. The maximum atomic E-state index is 12.8. The Morgan fingerprint density at radius 1 is 0.911 bits per heavy atom. The lowest BCUT2D eigenvalue weighted by atomic mass is 10.1. The van der Waals surface area contributed by atoms with Gasteiger partial charge >= 0.3 is 11.9 Å². The Balaban J connectivity index is 1.65. The van der Waals surface area contributed by atoms with Gasteiger partial charge in [-0.1, -0.05) is 23.2 Å². The molecule has 0 saturated carbocycles. The number of carbonyl (C=O) groups is 2. The van der Waals surface area contributed by atoms with E-state index in [0.717, 1.165) is 25.0 Å². The molecule has 4 rings (SSSR count). The van der Waals surface area contributed by atoms with Crippen molar-refractivity contribution in [3.63, 3.8) is 0 Å². The highest BCUT2D eigenvalue weighted by atomic mass is 35.5. The minimum absolute atomic E-state index is 0.00882. The first-order valence-electron chi connectivity index (χ1n) is 14.2. The minimum Gasteiger partial charge on any atom is -0.490 e. The molecule has 2 saturated heterocycles. The van der Waals surface area contributed by atoms with E-state index in [1.807, 2.05) is 0 Å². The van der Waals surface area contributed by atoms with Crippen molar-refractivity contribution in [3.05, 3.63) is 65.7 Å². The molecule has 2 aliphatic heterocycles. The van der Waals surface area contributed by atoms with Gasteiger partial charge in [-0.25, -0.2) is 9.59 Å². The maximum absolute atomic E-state index is 12.8. The van der Waals surface area contributed by atoms with Crippen LogP contribution in [0, 0.1) is 20.2 Å². The van der Waals surface area contributed by atoms with Gasteiger partial charge in [0.1, 0.15) is 30.3 Å². The monoisotopic (exact) mass is 669 g/mol. The second-order valence-corrected chi connectivity index (χ2v) is 12.3. The number of hydrogen-bond donors (Lipinski definition) is 0. The molecular formula is C29H33Cl2N3O11. The van der Waals surface area contributed by atoms with Gasteiger partial charge in [0.2, 0.25) is 0 Å². The molecule has 16 heteroatoms. The highest BCUT2D eigenvalue weighted by Crippen LogP contribution is 2.39. The number of carbonyl (C=O) groups excluding carboxylic acids is 2. The summed E-state index contributed by atoms with van der Waals surface area (Å²) in [6.07, 6.45) is 1.68. The molecule has 2 aromatic rings. The zero-order valence-corrected chi connectivity index (χ0v) is 26.6. The van der Waals surface area contributed by atoms with Crippen molar-refractivity contribution in [1.29, 1.82) is 0 Å². The molecule has 0 spiro atoms. The molecule has 244 valence electrons. The van der Waals surface area contributed by atoms with Crippen LogP contribution in [0.3, 0.4) is 0 Å². The van der Waals surface area contributed by atoms with Crippen molar-refractivity contribution in [3.8, 4) is 11.5 Å². The second kappa shape index (κ2) is 14.1. The summed E-state index contributed by atoms with van der Waals surface area (Å²) in [5.41, 5.74) is -2.16. The molecular weight excluding hydrogens is 637 g/mol. The lowest BCUT2D eigenvalue weighted by Gasteiger charge is -2.40. The molecule has 2 fully saturated rings. The van der Waals surface area contributed by atoms with Crippen LogP contribution in [0.5, 0.6) is 11.5 Å². The zero-order valence-electron chi connectivity index (χ0n) is 25.1. The normalized spacial score (nSPS) is 18.6. The van der Waals surface area contributed by atoms with Crippen LogP contribution < -0.4 is 9.47 Å². The largest absolute Gasteiger partial charge is 0.490 e. The van der Waals surface area contributed by atoms with Crippen LogP contribution >= 0.6 is 23.2 Å². The predicted octanol–water partition coefficient (Wildman–Crippen LogP) is 5.63. The highest BCUT2D eigenvalue weighted by molar-refractivity contribution is 6.34. The first-order valence-corrected chi connectivity index (χ1v) is 14.9. The molecule has 2 aromatic carbocycles. The van der Waals surface area contributed by atoms with E-state index in [9.17, 15) is 29.8 Å². The molecule has 45 heavy (non-hydrogen) atoms. The second-order valence-electron chi connectivity index (χ2n) is 11.5. The summed E-state index contributed by atoms with van der Waals surface area (Å²) in [6, 6.07) is 4.07. The van der Waals surface area contributed by atoms with E-state index in [1.54, 1.807) is 27.7 Å². The number of nitro groups is 2. The Bertz CT molecular complexity index is 1460. The number of hydrogen-bond acceptors (Lipinski definition) is 12. The van der Waals surface area contributed by atoms with Crippen molar-refractivity contribution >= 4 is 46.5 Å². The third-order valence-electron chi connectivity index (χ3n) is 7.16. The van der Waals surface area contributed by atoms with Crippen LogP contribution in [-0.4, -0.2) is 83.4 Å². The molecule has 14 nitrogen and oxygen atoms in total. The summed E-state index contributed by atoms with van der Waals surface area (Å²) in [4.78, 5) is 49.3. The molecule has 2 unspecified atom stereocenters. The number of esters is 2. The highest BCUT2D eigenvalue weighted by Gasteiger charge is 2.42. The molecule has 2 bridgehead atoms. The lowest BCUT2D eigenvalue weighted by molar-refractivity contribution is -0.384. The number of fused-ring (bicyclic) bond motifs is 2. The van der Waals surface area contributed by atoms with Gasteiger partial charge in [0, 0.05) is 24.2 Å². The standard InChI is InChI=1S/C29H33Cl2N3O11/c1-5-42-27(35)16-8-21(33(37)38)25(30)23(10-16)43-14-20(32-18-6-7-19(32)13-41-12-18)15-44-24-11-17(28(36)45-29(2,3)4)9-22(26(24)31)34(39)40/h8-11,18-20H,5-7,12-15H2,1-4H3/t18?,19?,20-/m1/s1. The fraction of sp³-hybridized carbons (Fsp3) is 0.517. The van der Waals surface area contributed by atoms with Crippen molar-refractivity contribution in [2.24, 2.45) is 0 Å². The van der Waals surface area contributed by atoms with Crippen LogP contribution in [0.15, 0.2) is 24.3 Å². The SMILES string of the molecule is CCOC(=O)c1cc(OC[C@H](COc2cc(C(=O)OC(C)(C)C)cc([N+](=O)[O-])c2Cl)N2C3CCC2COC3)c(Cl)c([N+](=O)[O-])c1. The third kappa shape index (κ3) is 8.12. The first kappa shape index (κ1) is 34.2. The summed E-state index contributed by atoms with van der Waals surface area (Å²) in [5, 5.41) is 22.8. The Morgan fingerprint density at radius 3 is 1.80 bits per heavy atom. The van der Waals surface area contributed by atoms with E-state index in [0.29, 0.717) is 13.2 Å². The fourth-order valence-electron chi connectivity index (χ4n) is 5.28. The fourth-order valence-corrected chi connectivity index (χ4v) is 5.74. The summed E-state index contributed by atoms with van der Waals surface area (Å²) in [6.45, 7) is 7.34. The number of morpholine rings is 1. The first-order chi connectivity index (χ1) is 21.2. The van der Waals surface area contributed by atoms with E-state index >= 15 is 0 Å². The van der Waals surface area contributed by atoms with Gasteiger partial charge in [0.15, 0.2) is 10.0 Å². The van der Waals surface area contributed by atoms with E-state index in [-0.39, 0.29) is 64.6 Å². The summed E-state index contributed by atoms with van der Waals surface area (Å²) < 4.78 is 28.1. The Morgan fingerprint density at radius 2 is 1.38 bits per heavy atom. The number of halogens is 2. The molecule has 2 aliphatic rings. The summed E-state index contributed by atoms with van der Waals surface area (Å²) in [7, 11) is 0. The third-order valence-corrected chi connectivity index (χ3v) is 7.92. The zero-order chi connectivity index (χ0) is 33.1. The van der Waals surface area contributed by atoms with Crippen LogP contribution in [0.2, 0.25) is 10.0 Å². The number of ether oxygens (including phenoxy) is 5. The van der Waals surface area contributed by atoms with E-state index in [4.69, 9.17) is 46.9 Å². The predicted molar refractivity (Wildman–Crippen MR) is 162 cm³/mol. The van der Waals surface area contributed by atoms with Gasteiger partial charge in [-0.05, 0) is 52.7 Å². The molecule has 0 aliphatic carbocycles. The molecule has 2 heterocycles. The Hall–Kier alpha value is -3.72. The number of rotatable bonds is 12. The smallest absolute Gasteiger partial charge is 0.339 e. The lowest BCUT2D eigenvalue weighted by Crippen LogP contribution is -2.55. The Kier molecular flexibility index (Phi) is 10.7. The van der Waals surface area contributed by atoms with Crippen LogP contribution in [0.25, 0.3) is 0 Å². The van der Waals surface area contributed by atoms with E-state index in [2.05, 4.69) is 4.90 Å². The summed E-state index contributed by atoms with van der Waals surface area (Å²) >= 11 is 12.7.